The lowest BCUT2D eigenvalue weighted by Crippen LogP contribution is -3.14. The third-order valence-corrected chi connectivity index (χ3v) is 6.36. The summed E-state index contributed by atoms with van der Waals surface area (Å²) in [7, 11) is 0. The smallest absolute Gasteiger partial charge is 0.275 e. The lowest BCUT2D eigenvalue weighted by Gasteiger charge is -2.32. The molecule has 2 heterocycles. The summed E-state index contributed by atoms with van der Waals surface area (Å²) >= 11 is 7.78. The zero-order valence-corrected chi connectivity index (χ0v) is 15.1. The highest BCUT2D eigenvalue weighted by molar-refractivity contribution is 7.10. The molecule has 1 amide bonds. The lowest BCUT2D eigenvalue weighted by atomic mass is 9.96. The van der Waals surface area contributed by atoms with Crippen molar-refractivity contribution in [2.75, 3.05) is 13.1 Å². The molecule has 126 valence electrons. The molecule has 5 heteroatoms. The fraction of sp³-hybridized carbons (Fsp3) is 0.421. The molecular weight excluding hydrogens is 340 g/mol. The predicted molar refractivity (Wildman–Crippen MR) is 97.5 cm³/mol. The summed E-state index contributed by atoms with van der Waals surface area (Å²) in [6.07, 6.45) is 3.74. The lowest BCUT2D eigenvalue weighted by molar-refractivity contribution is -0.928. The van der Waals surface area contributed by atoms with Gasteiger partial charge in [-0.2, -0.15) is 0 Å². The van der Waals surface area contributed by atoms with Crippen LogP contribution in [0, 0.1) is 5.92 Å². The second kappa shape index (κ2) is 6.87. The van der Waals surface area contributed by atoms with Gasteiger partial charge in [0, 0.05) is 34.3 Å². The van der Waals surface area contributed by atoms with Crippen LogP contribution < -0.4 is 10.2 Å². The van der Waals surface area contributed by atoms with Crippen molar-refractivity contribution in [1.29, 1.82) is 0 Å². The van der Waals surface area contributed by atoms with E-state index in [1.165, 1.54) is 28.2 Å². The van der Waals surface area contributed by atoms with Gasteiger partial charge in [0.25, 0.3) is 5.91 Å². The van der Waals surface area contributed by atoms with E-state index in [-0.39, 0.29) is 5.91 Å². The maximum Gasteiger partial charge on any atom is 0.275 e. The zero-order valence-electron chi connectivity index (χ0n) is 13.6. The largest absolute Gasteiger partial charge is 0.347 e. The Kier molecular flexibility index (Phi) is 4.61. The van der Waals surface area contributed by atoms with E-state index in [0.29, 0.717) is 19.1 Å². The standard InChI is InChI=1S/C19H21ClN2OS/c20-15-5-1-13(2-6-15)11-21-18(23)12-22-9-7-17-16(8-10-24-17)19(22)14-3-4-14/h1-2,5-6,8,10,14,19H,3-4,7,9,11-12H2,(H,21,23)/p+1/t19-/m1/s1. The average Bonchev–Trinajstić information content (AvgIpc) is 3.30. The highest BCUT2D eigenvalue weighted by Gasteiger charge is 2.43. The summed E-state index contributed by atoms with van der Waals surface area (Å²) in [5.74, 6) is 0.919. The Hall–Kier alpha value is -1.36. The van der Waals surface area contributed by atoms with Crippen molar-refractivity contribution in [2.45, 2.75) is 31.8 Å². The number of benzene rings is 1. The Morgan fingerprint density at radius 3 is 2.79 bits per heavy atom. The average molecular weight is 362 g/mol. The van der Waals surface area contributed by atoms with Crippen molar-refractivity contribution in [1.82, 2.24) is 5.32 Å². The Balaban J connectivity index is 1.37. The van der Waals surface area contributed by atoms with E-state index in [1.54, 1.807) is 0 Å². The summed E-state index contributed by atoms with van der Waals surface area (Å²) in [6, 6.07) is 10.5. The third kappa shape index (κ3) is 3.51. The molecular formula is C19H22ClN2OS+. The summed E-state index contributed by atoms with van der Waals surface area (Å²) < 4.78 is 0. The van der Waals surface area contributed by atoms with Crippen LogP contribution in [0.15, 0.2) is 35.7 Å². The molecule has 1 aliphatic heterocycles. The highest BCUT2D eigenvalue weighted by Crippen LogP contribution is 2.42. The number of quaternary nitrogens is 1. The summed E-state index contributed by atoms with van der Waals surface area (Å²) in [6.45, 7) is 2.22. The summed E-state index contributed by atoms with van der Waals surface area (Å²) in [5.41, 5.74) is 2.59. The topological polar surface area (TPSA) is 33.5 Å². The number of rotatable bonds is 5. The number of thiophene rings is 1. The van der Waals surface area contributed by atoms with Gasteiger partial charge in [-0.05, 0) is 42.0 Å². The van der Waals surface area contributed by atoms with Crippen molar-refractivity contribution in [3.05, 3.63) is 56.7 Å². The Morgan fingerprint density at radius 1 is 1.25 bits per heavy atom. The van der Waals surface area contributed by atoms with Crippen LogP contribution in [-0.2, 0) is 17.8 Å². The molecule has 0 radical (unpaired) electrons. The van der Waals surface area contributed by atoms with E-state index in [4.69, 9.17) is 11.6 Å². The molecule has 1 aliphatic carbocycles. The van der Waals surface area contributed by atoms with Gasteiger partial charge in [-0.3, -0.25) is 4.79 Å². The third-order valence-electron chi connectivity index (χ3n) is 5.11. The highest BCUT2D eigenvalue weighted by atomic mass is 35.5. The van der Waals surface area contributed by atoms with Crippen LogP contribution >= 0.6 is 22.9 Å². The summed E-state index contributed by atoms with van der Waals surface area (Å²) in [4.78, 5) is 15.4. The molecule has 1 aromatic heterocycles. The first-order chi connectivity index (χ1) is 11.7. The molecule has 0 bridgehead atoms. The Labute approximate surface area is 151 Å². The van der Waals surface area contributed by atoms with Gasteiger partial charge in [0.05, 0.1) is 6.54 Å². The van der Waals surface area contributed by atoms with Gasteiger partial charge in [-0.1, -0.05) is 23.7 Å². The second-order valence-electron chi connectivity index (χ2n) is 6.85. The molecule has 2 aromatic rings. The van der Waals surface area contributed by atoms with Crippen molar-refractivity contribution in [2.24, 2.45) is 5.92 Å². The van der Waals surface area contributed by atoms with Crippen LogP contribution in [0.5, 0.6) is 0 Å². The minimum absolute atomic E-state index is 0.143. The molecule has 1 fully saturated rings. The Bertz CT molecular complexity index is 723. The molecule has 2 atom stereocenters. The van der Waals surface area contributed by atoms with Crippen LogP contribution in [0.3, 0.4) is 0 Å². The van der Waals surface area contributed by atoms with Crippen molar-refractivity contribution >= 4 is 28.8 Å². The number of carbonyl (C=O) groups excluding carboxylic acids is 1. The molecule has 0 spiro atoms. The van der Waals surface area contributed by atoms with Gasteiger partial charge in [-0.15, -0.1) is 11.3 Å². The van der Waals surface area contributed by atoms with E-state index in [0.717, 1.165) is 29.5 Å². The number of carbonyl (C=O) groups is 1. The van der Waals surface area contributed by atoms with Crippen molar-refractivity contribution < 1.29 is 9.69 Å². The van der Waals surface area contributed by atoms with Gasteiger partial charge in [0.1, 0.15) is 6.04 Å². The van der Waals surface area contributed by atoms with Crippen molar-refractivity contribution in [3.63, 3.8) is 0 Å². The molecule has 2 N–H and O–H groups in total. The van der Waals surface area contributed by atoms with Crippen LogP contribution in [-0.4, -0.2) is 19.0 Å². The van der Waals surface area contributed by atoms with Crippen molar-refractivity contribution in [3.8, 4) is 0 Å². The van der Waals surface area contributed by atoms with Gasteiger partial charge in [0.15, 0.2) is 6.54 Å². The molecule has 24 heavy (non-hydrogen) atoms. The molecule has 1 unspecified atom stereocenters. The number of hydrogen-bond acceptors (Lipinski definition) is 2. The van der Waals surface area contributed by atoms with E-state index in [9.17, 15) is 4.79 Å². The zero-order chi connectivity index (χ0) is 16.5. The van der Waals surface area contributed by atoms with Gasteiger partial charge in [-0.25, -0.2) is 0 Å². The van der Waals surface area contributed by atoms with Gasteiger partial charge >= 0.3 is 0 Å². The van der Waals surface area contributed by atoms with Crippen LogP contribution in [0.4, 0.5) is 0 Å². The fourth-order valence-corrected chi connectivity index (χ4v) is 4.82. The van der Waals surface area contributed by atoms with Crippen LogP contribution in [0.25, 0.3) is 0 Å². The molecule has 1 aromatic carbocycles. The van der Waals surface area contributed by atoms with Crippen LogP contribution in [0.2, 0.25) is 5.02 Å². The first-order valence-corrected chi connectivity index (χ1v) is 9.88. The normalized spacial score (nSPS) is 22.9. The number of nitrogens with one attached hydrogen (secondary N) is 2. The first kappa shape index (κ1) is 16.1. The SMILES string of the molecule is O=C(C[NH+]1CCc2sccc2[C@H]1C1CC1)NCc1ccc(Cl)cc1. The van der Waals surface area contributed by atoms with E-state index in [2.05, 4.69) is 16.8 Å². The molecule has 2 aliphatic rings. The van der Waals surface area contributed by atoms with Gasteiger partial charge < -0.3 is 10.2 Å². The van der Waals surface area contributed by atoms with E-state index < -0.39 is 0 Å². The number of fused-ring (bicyclic) bond motifs is 1. The van der Waals surface area contributed by atoms with Gasteiger partial charge in [0.2, 0.25) is 0 Å². The van der Waals surface area contributed by atoms with Crippen LogP contribution in [0.1, 0.15) is 34.9 Å². The molecule has 1 saturated carbocycles. The predicted octanol–water partition coefficient (Wildman–Crippen LogP) is 2.61. The minimum atomic E-state index is 0.143. The molecule has 4 rings (SSSR count). The number of hydrogen-bond donors (Lipinski definition) is 2. The quantitative estimate of drug-likeness (QED) is 0.843. The molecule has 0 saturated heterocycles. The van der Waals surface area contributed by atoms with E-state index >= 15 is 0 Å². The fourth-order valence-electron chi connectivity index (χ4n) is 3.77. The van der Waals surface area contributed by atoms with E-state index in [1.807, 2.05) is 35.6 Å². The molecule has 3 nitrogen and oxygen atoms in total. The monoisotopic (exact) mass is 361 g/mol. The first-order valence-electron chi connectivity index (χ1n) is 8.62. The second-order valence-corrected chi connectivity index (χ2v) is 8.29. The maximum absolute atomic E-state index is 12.4. The maximum atomic E-state index is 12.4. The Morgan fingerprint density at radius 2 is 2.04 bits per heavy atom. The number of halogens is 1. The number of amides is 1. The minimum Gasteiger partial charge on any atom is -0.347 e. The summed E-state index contributed by atoms with van der Waals surface area (Å²) in [5, 5.41) is 6.00.